The SMILES string of the molecule is Fc1ccc(C2(Nc3nccc(-c4nnc(C(F)F)o4)n3)CC2)cc1F. The first-order valence-corrected chi connectivity index (χ1v) is 7.65. The van der Waals surface area contributed by atoms with Crippen molar-refractivity contribution in [2.75, 3.05) is 5.32 Å². The number of hydrogen-bond donors (Lipinski definition) is 1. The van der Waals surface area contributed by atoms with E-state index in [2.05, 4.69) is 25.5 Å². The molecule has 1 saturated carbocycles. The van der Waals surface area contributed by atoms with Gasteiger partial charge in [0.05, 0.1) is 5.54 Å². The van der Waals surface area contributed by atoms with Crippen molar-refractivity contribution in [1.29, 1.82) is 0 Å². The molecule has 26 heavy (non-hydrogen) atoms. The summed E-state index contributed by atoms with van der Waals surface area (Å²) in [7, 11) is 0. The Morgan fingerprint density at radius 1 is 1.08 bits per heavy atom. The Hall–Kier alpha value is -3.04. The number of hydrogen-bond acceptors (Lipinski definition) is 6. The van der Waals surface area contributed by atoms with Gasteiger partial charge in [0, 0.05) is 6.20 Å². The predicted octanol–water partition coefficient (Wildman–Crippen LogP) is 3.84. The molecule has 1 aliphatic carbocycles. The van der Waals surface area contributed by atoms with E-state index in [0.29, 0.717) is 18.4 Å². The van der Waals surface area contributed by atoms with Crippen LogP contribution >= 0.6 is 0 Å². The third kappa shape index (κ3) is 2.98. The number of nitrogens with one attached hydrogen (secondary N) is 1. The van der Waals surface area contributed by atoms with Gasteiger partial charge in [-0.3, -0.25) is 0 Å². The molecule has 0 unspecified atom stereocenters. The highest BCUT2D eigenvalue weighted by Gasteiger charge is 2.45. The third-order valence-corrected chi connectivity index (χ3v) is 4.08. The lowest BCUT2D eigenvalue weighted by molar-refractivity contribution is 0.116. The van der Waals surface area contributed by atoms with E-state index in [1.54, 1.807) is 0 Å². The van der Waals surface area contributed by atoms with Crippen molar-refractivity contribution in [3.05, 3.63) is 53.6 Å². The smallest absolute Gasteiger partial charge is 0.314 e. The number of benzene rings is 1. The fraction of sp³-hybridized carbons (Fsp3) is 0.250. The highest BCUT2D eigenvalue weighted by atomic mass is 19.3. The van der Waals surface area contributed by atoms with Crippen LogP contribution < -0.4 is 5.32 Å². The molecule has 0 radical (unpaired) electrons. The van der Waals surface area contributed by atoms with Crippen LogP contribution in [-0.4, -0.2) is 20.2 Å². The number of halogens is 4. The average Bonchev–Trinajstić information content (AvgIpc) is 3.21. The molecule has 0 aliphatic heterocycles. The summed E-state index contributed by atoms with van der Waals surface area (Å²) in [5, 5.41) is 9.87. The molecule has 0 spiro atoms. The third-order valence-electron chi connectivity index (χ3n) is 4.08. The molecule has 134 valence electrons. The number of rotatable bonds is 5. The molecule has 1 fully saturated rings. The second-order valence-electron chi connectivity index (χ2n) is 5.85. The second kappa shape index (κ2) is 6.04. The molecule has 2 heterocycles. The molecule has 0 bridgehead atoms. The predicted molar refractivity (Wildman–Crippen MR) is 81.2 cm³/mol. The Bertz CT molecular complexity index is 957. The maximum Gasteiger partial charge on any atom is 0.314 e. The minimum absolute atomic E-state index is 0.163. The van der Waals surface area contributed by atoms with Crippen molar-refractivity contribution in [2.24, 2.45) is 0 Å². The van der Waals surface area contributed by atoms with Crippen LogP contribution in [0.15, 0.2) is 34.9 Å². The first-order valence-electron chi connectivity index (χ1n) is 7.65. The second-order valence-corrected chi connectivity index (χ2v) is 5.85. The summed E-state index contributed by atoms with van der Waals surface area (Å²) in [5.74, 6) is -2.64. The highest BCUT2D eigenvalue weighted by Crippen LogP contribution is 2.48. The topological polar surface area (TPSA) is 76.7 Å². The molecule has 1 N–H and O–H groups in total. The van der Waals surface area contributed by atoms with Crippen molar-refractivity contribution in [3.8, 4) is 11.6 Å². The summed E-state index contributed by atoms with van der Waals surface area (Å²) in [6.07, 6.45) is -0.111. The quantitative estimate of drug-likeness (QED) is 0.692. The van der Waals surface area contributed by atoms with Crippen LogP contribution in [0.4, 0.5) is 23.5 Å². The summed E-state index contributed by atoms with van der Waals surface area (Å²) in [5.41, 5.74) is 0.141. The lowest BCUT2D eigenvalue weighted by atomic mass is 10.0. The molecule has 2 aromatic heterocycles. The summed E-state index contributed by atoms with van der Waals surface area (Å²) >= 11 is 0. The van der Waals surface area contributed by atoms with Gasteiger partial charge in [-0.25, -0.2) is 18.7 Å². The van der Waals surface area contributed by atoms with Gasteiger partial charge in [0.15, 0.2) is 11.6 Å². The lowest BCUT2D eigenvalue weighted by Crippen LogP contribution is -2.20. The van der Waals surface area contributed by atoms with E-state index in [1.165, 1.54) is 18.3 Å². The Labute approximate surface area is 144 Å². The minimum Gasteiger partial charge on any atom is -0.414 e. The van der Waals surface area contributed by atoms with E-state index in [4.69, 9.17) is 4.42 Å². The average molecular weight is 365 g/mol. The van der Waals surface area contributed by atoms with Gasteiger partial charge in [-0.1, -0.05) is 6.07 Å². The Morgan fingerprint density at radius 2 is 1.88 bits per heavy atom. The van der Waals surface area contributed by atoms with Crippen LogP contribution in [0, 0.1) is 11.6 Å². The minimum atomic E-state index is -2.88. The van der Waals surface area contributed by atoms with Gasteiger partial charge in [-0.2, -0.15) is 8.78 Å². The van der Waals surface area contributed by atoms with Crippen molar-refractivity contribution in [2.45, 2.75) is 24.8 Å². The summed E-state index contributed by atoms with van der Waals surface area (Å²) in [6, 6.07) is 5.13. The normalized spacial score (nSPS) is 15.3. The molecule has 6 nitrogen and oxygen atoms in total. The van der Waals surface area contributed by atoms with E-state index in [9.17, 15) is 17.6 Å². The van der Waals surface area contributed by atoms with E-state index in [-0.39, 0.29) is 17.5 Å². The number of nitrogens with zero attached hydrogens (tertiary/aromatic N) is 4. The van der Waals surface area contributed by atoms with Crippen LogP contribution in [0.3, 0.4) is 0 Å². The fourth-order valence-corrected chi connectivity index (χ4v) is 2.58. The van der Waals surface area contributed by atoms with E-state index < -0.39 is 29.5 Å². The van der Waals surface area contributed by atoms with E-state index >= 15 is 0 Å². The maximum atomic E-state index is 13.5. The zero-order valence-electron chi connectivity index (χ0n) is 13.1. The number of alkyl halides is 2. The molecular formula is C16H11F4N5O. The molecule has 4 rings (SSSR count). The fourth-order valence-electron chi connectivity index (χ4n) is 2.58. The number of anilines is 1. The highest BCUT2D eigenvalue weighted by molar-refractivity contribution is 5.50. The summed E-state index contributed by atoms with van der Waals surface area (Å²) in [4.78, 5) is 8.24. The van der Waals surface area contributed by atoms with E-state index in [1.807, 2.05) is 0 Å². The largest absolute Gasteiger partial charge is 0.414 e. The van der Waals surface area contributed by atoms with Crippen LogP contribution in [0.2, 0.25) is 0 Å². The van der Waals surface area contributed by atoms with Crippen molar-refractivity contribution >= 4 is 5.95 Å². The molecule has 1 aromatic carbocycles. The Balaban J connectivity index is 1.59. The monoisotopic (exact) mass is 365 g/mol. The molecule has 0 amide bonds. The molecule has 1 aliphatic rings. The van der Waals surface area contributed by atoms with Gasteiger partial charge in [-0.05, 0) is 36.6 Å². The zero-order valence-corrected chi connectivity index (χ0v) is 13.1. The van der Waals surface area contributed by atoms with Crippen molar-refractivity contribution < 1.29 is 22.0 Å². The maximum absolute atomic E-state index is 13.5. The van der Waals surface area contributed by atoms with Gasteiger partial charge < -0.3 is 9.73 Å². The van der Waals surface area contributed by atoms with Crippen molar-refractivity contribution in [3.63, 3.8) is 0 Å². The lowest BCUT2D eigenvalue weighted by Gasteiger charge is -2.18. The Morgan fingerprint density at radius 3 is 2.54 bits per heavy atom. The number of aromatic nitrogens is 4. The van der Waals surface area contributed by atoms with Crippen LogP contribution in [-0.2, 0) is 5.54 Å². The van der Waals surface area contributed by atoms with E-state index in [0.717, 1.165) is 12.1 Å². The molecule has 0 saturated heterocycles. The summed E-state index contributed by atoms with van der Waals surface area (Å²) < 4.78 is 56.6. The molecule has 3 aromatic rings. The van der Waals surface area contributed by atoms with Crippen LogP contribution in [0.5, 0.6) is 0 Å². The van der Waals surface area contributed by atoms with Gasteiger partial charge in [0.25, 0.3) is 11.8 Å². The van der Waals surface area contributed by atoms with Crippen LogP contribution in [0.25, 0.3) is 11.6 Å². The first kappa shape index (κ1) is 16.4. The van der Waals surface area contributed by atoms with Gasteiger partial charge in [0.2, 0.25) is 5.95 Å². The van der Waals surface area contributed by atoms with Gasteiger partial charge >= 0.3 is 6.43 Å². The summed E-state index contributed by atoms with van der Waals surface area (Å²) in [6.45, 7) is 0. The zero-order chi connectivity index (χ0) is 18.3. The van der Waals surface area contributed by atoms with Crippen LogP contribution in [0.1, 0.15) is 30.7 Å². The van der Waals surface area contributed by atoms with Gasteiger partial charge in [0.1, 0.15) is 5.69 Å². The standard InChI is InChI=1S/C16H11F4N5O/c17-9-2-1-8(7-10(9)18)16(4-5-16)23-15-21-6-3-11(22-15)13-24-25-14(26-13)12(19)20/h1-3,6-7,12H,4-5H2,(H,21,22,23). The van der Waals surface area contributed by atoms with Crippen molar-refractivity contribution in [1.82, 2.24) is 20.2 Å². The molecule has 10 heteroatoms. The molecule has 0 atom stereocenters. The van der Waals surface area contributed by atoms with Gasteiger partial charge in [-0.15, -0.1) is 10.2 Å². The Kier molecular flexibility index (Phi) is 3.82. The molecular weight excluding hydrogens is 354 g/mol. The first-order chi connectivity index (χ1) is 12.5.